The van der Waals surface area contributed by atoms with Gasteiger partial charge in [-0.25, -0.2) is 0 Å². The van der Waals surface area contributed by atoms with Crippen LogP contribution in [0, 0.1) is 5.92 Å². The van der Waals surface area contributed by atoms with E-state index in [1.54, 1.807) is 0 Å². The van der Waals surface area contributed by atoms with E-state index in [1.165, 1.54) is 18.4 Å². The fourth-order valence-electron chi connectivity index (χ4n) is 2.59. The maximum Gasteiger partial charge on any atom is 0.223 e. The normalized spacial score (nSPS) is 18.8. The molecule has 0 radical (unpaired) electrons. The molecule has 0 bridgehead atoms. The van der Waals surface area contributed by atoms with Gasteiger partial charge in [0.05, 0.1) is 0 Å². The molecule has 1 aliphatic carbocycles. The second-order valence-corrected chi connectivity index (χ2v) is 5.18. The summed E-state index contributed by atoms with van der Waals surface area (Å²) in [5.41, 5.74) is 1.43. The molecule has 116 valence electrons. The van der Waals surface area contributed by atoms with Crippen molar-refractivity contribution in [3.63, 3.8) is 0 Å². The van der Waals surface area contributed by atoms with Crippen LogP contribution >= 0.6 is 0 Å². The van der Waals surface area contributed by atoms with Crippen molar-refractivity contribution in [2.24, 2.45) is 5.92 Å². The Morgan fingerprint density at radius 3 is 2.75 bits per heavy atom. The van der Waals surface area contributed by atoms with Gasteiger partial charge in [0.25, 0.3) is 0 Å². The van der Waals surface area contributed by atoms with E-state index >= 15 is 0 Å². The average Bonchev–Trinajstić information content (AvgIpc) is 2.55. The summed E-state index contributed by atoms with van der Waals surface area (Å²) in [5, 5.41) is 6.36. The summed E-state index contributed by atoms with van der Waals surface area (Å²) in [6.07, 6.45) is 13.2. The third-order valence-corrected chi connectivity index (χ3v) is 3.72. The molecule has 2 N–H and O–H groups in total. The van der Waals surface area contributed by atoms with Crippen molar-refractivity contribution < 1.29 is 6.22 Å². The number of rotatable bonds is 5. The number of nitrogens with one attached hydrogen (secondary N) is 2. The van der Waals surface area contributed by atoms with Crippen molar-refractivity contribution in [1.29, 1.82) is 0 Å². The summed E-state index contributed by atoms with van der Waals surface area (Å²) in [4.78, 5) is 11.9. The van der Waals surface area contributed by atoms with Crippen LogP contribution in [0.5, 0.6) is 0 Å². The van der Waals surface area contributed by atoms with E-state index < -0.39 is 0 Å². The third-order valence-electron chi connectivity index (χ3n) is 3.72. The Morgan fingerprint density at radius 1 is 1.35 bits per heavy atom. The zero-order valence-corrected chi connectivity index (χ0v) is 13.1. The first-order valence-corrected chi connectivity index (χ1v) is 8.20. The highest BCUT2D eigenvalue weighted by atomic mass is 16.1. The Bertz CT molecular complexity index is 334. The maximum atomic E-state index is 11.9. The number of hydrogen-bond acceptors (Lipinski definition) is 2. The van der Waals surface area contributed by atoms with Gasteiger partial charge in [-0.05, 0) is 51.6 Å². The lowest BCUT2D eigenvalue weighted by Gasteiger charge is -2.21. The molecule has 2 rings (SSSR count). The van der Waals surface area contributed by atoms with Gasteiger partial charge in [0, 0.05) is 13.9 Å². The molecule has 0 aromatic carbocycles. The Balaban J connectivity index is 0.00000128. The van der Waals surface area contributed by atoms with Crippen LogP contribution in [0.2, 0.25) is 0 Å². The molecule has 20 heavy (non-hydrogen) atoms. The van der Waals surface area contributed by atoms with Crippen LogP contribution in [0.15, 0.2) is 23.8 Å². The average molecular weight is 280 g/mol. The van der Waals surface area contributed by atoms with Crippen molar-refractivity contribution in [3.8, 4) is 0 Å². The van der Waals surface area contributed by atoms with E-state index in [1.807, 2.05) is 13.8 Å². The van der Waals surface area contributed by atoms with Crippen molar-refractivity contribution in [3.05, 3.63) is 23.8 Å². The number of allylic oxidation sites excluding steroid dienone is 4. The Hall–Kier alpha value is -1.09. The minimum Gasteiger partial charge on any atom is -0.356 e. The quantitative estimate of drug-likeness (QED) is 0.758. The number of amides is 1. The number of hydrogen-bond donors (Lipinski definition) is 2. The topological polar surface area (TPSA) is 41.1 Å². The third kappa shape index (κ3) is 6.38. The van der Waals surface area contributed by atoms with Gasteiger partial charge in [0.2, 0.25) is 5.91 Å². The zero-order valence-electron chi connectivity index (χ0n) is 13.1. The minimum atomic E-state index is 0. The molecule has 2 aliphatic rings. The van der Waals surface area contributed by atoms with Gasteiger partial charge in [0.1, 0.15) is 0 Å². The van der Waals surface area contributed by atoms with E-state index in [0.29, 0.717) is 0 Å². The minimum absolute atomic E-state index is 0. The van der Waals surface area contributed by atoms with Gasteiger partial charge in [-0.3, -0.25) is 4.79 Å². The second-order valence-electron chi connectivity index (χ2n) is 5.18. The fraction of sp³-hybridized carbons (Fsp3) is 0.706. The molecular weight excluding hydrogens is 248 g/mol. The molecule has 0 saturated carbocycles. The molecule has 1 saturated heterocycles. The Labute approximate surface area is 125 Å². The summed E-state index contributed by atoms with van der Waals surface area (Å²) in [7, 11) is 0. The summed E-state index contributed by atoms with van der Waals surface area (Å²) in [6.45, 7) is 6.78. The lowest BCUT2D eigenvalue weighted by Crippen LogP contribution is -2.38. The molecular formula is C17H32N2O. The first-order valence-electron chi connectivity index (χ1n) is 8.20. The highest BCUT2D eigenvalue weighted by molar-refractivity contribution is 5.78. The Morgan fingerprint density at radius 2 is 2.10 bits per heavy atom. The highest BCUT2D eigenvalue weighted by Gasteiger charge is 2.19. The highest BCUT2D eigenvalue weighted by Crippen LogP contribution is 2.15. The van der Waals surface area contributed by atoms with Crippen LogP contribution in [-0.4, -0.2) is 25.5 Å². The summed E-state index contributed by atoms with van der Waals surface area (Å²) < 4.78 is 0. The maximum absolute atomic E-state index is 11.9. The summed E-state index contributed by atoms with van der Waals surface area (Å²) in [5.74, 6) is 0.490. The van der Waals surface area contributed by atoms with Crippen molar-refractivity contribution in [1.82, 2.24) is 10.6 Å². The molecule has 1 aliphatic heterocycles. The van der Waals surface area contributed by atoms with Crippen LogP contribution in [0.25, 0.3) is 0 Å². The predicted molar refractivity (Wildman–Crippen MR) is 87.8 cm³/mol. The smallest absolute Gasteiger partial charge is 0.223 e. The second kappa shape index (κ2) is 10.7. The van der Waals surface area contributed by atoms with E-state index in [-0.39, 0.29) is 13.3 Å². The van der Waals surface area contributed by atoms with E-state index in [9.17, 15) is 4.79 Å². The first kappa shape index (κ1) is 17.0. The van der Waals surface area contributed by atoms with Crippen molar-refractivity contribution >= 4 is 5.91 Å². The van der Waals surface area contributed by atoms with Crippen LogP contribution in [0.4, 0.5) is 0 Å². The van der Waals surface area contributed by atoms with Crippen LogP contribution < -0.4 is 10.6 Å². The summed E-state index contributed by atoms with van der Waals surface area (Å²) >= 11 is 0. The fourth-order valence-corrected chi connectivity index (χ4v) is 2.59. The van der Waals surface area contributed by atoms with Crippen LogP contribution in [-0.2, 0) is 4.79 Å². The van der Waals surface area contributed by atoms with Gasteiger partial charge in [-0.2, -0.15) is 0 Å². The molecule has 0 spiro atoms. The van der Waals surface area contributed by atoms with Crippen molar-refractivity contribution in [2.75, 3.05) is 19.6 Å². The van der Waals surface area contributed by atoms with Gasteiger partial charge in [-0.15, -0.1) is 0 Å². The first-order chi connectivity index (χ1) is 9.86. The molecule has 3 heteroatoms. The zero-order chi connectivity index (χ0) is 14.6. The number of carbonyl (C=O) groups is 1. The molecule has 1 fully saturated rings. The lowest BCUT2D eigenvalue weighted by atomic mass is 9.97. The van der Waals surface area contributed by atoms with E-state index in [2.05, 4.69) is 28.9 Å². The largest absolute Gasteiger partial charge is 0.356 e. The predicted octanol–water partition coefficient (Wildman–Crippen LogP) is 3.43. The molecule has 0 aromatic rings. The van der Waals surface area contributed by atoms with E-state index in [0.717, 1.165) is 45.3 Å². The van der Waals surface area contributed by atoms with Gasteiger partial charge in [0.15, 0.2) is 0 Å². The molecule has 0 unspecified atom stereocenters. The molecule has 0 atom stereocenters. The SMILES string of the molecule is CC.O=C(NCCCC1=CCCC=C1)C1CCNCC1.[HH]. The number of carbonyl (C=O) groups excluding carboxylic acids is 1. The monoisotopic (exact) mass is 280 g/mol. The van der Waals surface area contributed by atoms with Gasteiger partial charge >= 0.3 is 0 Å². The van der Waals surface area contributed by atoms with Gasteiger partial charge in [-0.1, -0.05) is 37.6 Å². The molecule has 1 amide bonds. The standard InChI is InChI=1S/C15H24N2O.C2H6.H2/c18-15(14-8-11-16-12-9-14)17-10-4-7-13-5-2-1-3-6-13;1-2;/h2,5-6,14,16H,1,3-4,7-12H2,(H,17,18);1-2H3;1H. The Kier molecular flexibility index (Phi) is 9.05. The number of piperidine rings is 1. The molecule has 3 nitrogen and oxygen atoms in total. The molecule has 0 aromatic heterocycles. The van der Waals surface area contributed by atoms with Crippen molar-refractivity contribution in [2.45, 2.75) is 52.4 Å². The van der Waals surface area contributed by atoms with E-state index in [4.69, 9.17) is 0 Å². The molecule has 1 heterocycles. The van der Waals surface area contributed by atoms with Crippen LogP contribution in [0.3, 0.4) is 0 Å². The van der Waals surface area contributed by atoms with Crippen LogP contribution in [0.1, 0.15) is 53.8 Å². The summed E-state index contributed by atoms with van der Waals surface area (Å²) in [6, 6.07) is 0. The lowest BCUT2D eigenvalue weighted by molar-refractivity contribution is -0.125. The van der Waals surface area contributed by atoms with Gasteiger partial charge < -0.3 is 10.6 Å².